The molecule has 4 rings (SSSR count). The van der Waals surface area contributed by atoms with Crippen LogP contribution in [0.1, 0.15) is 29.2 Å². The molecule has 0 bridgehead atoms. The van der Waals surface area contributed by atoms with Gasteiger partial charge in [-0.05, 0) is 43.2 Å². The van der Waals surface area contributed by atoms with Gasteiger partial charge in [-0.3, -0.25) is 14.3 Å². The summed E-state index contributed by atoms with van der Waals surface area (Å²) in [6, 6.07) is 11.9. The van der Waals surface area contributed by atoms with Crippen molar-refractivity contribution in [2.24, 2.45) is 0 Å². The lowest BCUT2D eigenvalue weighted by molar-refractivity contribution is 0.0897. The van der Waals surface area contributed by atoms with E-state index in [1.165, 1.54) is 18.2 Å². The van der Waals surface area contributed by atoms with Gasteiger partial charge in [0.05, 0.1) is 17.6 Å². The molecule has 3 aromatic rings. The highest BCUT2D eigenvalue weighted by molar-refractivity contribution is 5.98. The van der Waals surface area contributed by atoms with E-state index in [0.29, 0.717) is 18.7 Å². The number of halogens is 1. The number of fused-ring (bicyclic) bond motifs is 1. The van der Waals surface area contributed by atoms with E-state index in [1.54, 1.807) is 0 Å². The van der Waals surface area contributed by atoms with Gasteiger partial charge in [0, 0.05) is 24.7 Å². The molecular formula is C20H22ClN3O4. The summed E-state index contributed by atoms with van der Waals surface area (Å²) < 4.78 is 1.83. The molecule has 28 heavy (non-hydrogen) atoms. The molecule has 3 N–H and O–H groups in total. The van der Waals surface area contributed by atoms with E-state index in [0.717, 1.165) is 23.9 Å². The number of aromatic nitrogens is 2. The fourth-order valence-electron chi connectivity index (χ4n) is 3.76. The molecule has 0 saturated carbocycles. The van der Waals surface area contributed by atoms with Crippen LogP contribution in [-0.4, -0.2) is 50.1 Å². The van der Waals surface area contributed by atoms with Crippen LogP contribution in [-0.2, 0) is 0 Å². The fourth-order valence-corrected chi connectivity index (χ4v) is 3.76. The number of nitrogens with zero attached hydrogens (tertiary/aromatic N) is 2. The number of rotatable bonds is 4. The Morgan fingerprint density at radius 2 is 1.79 bits per heavy atom. The second-order valence-corrected chi connectivity index (χ2v) is 6.95. The van der Waals surface area contributed by atoms with Gasteiger partial charge in [0.1, 0.15) is 0 Å². The van der Waals surface area contributed by atoms with Gasteiger partial charge in [-0.2, -0.15) is 0 Å². The molecule has 1 aromatic heterocycles. The largest absolute Gasteiger partial charge is 0.504 e. The third-order valence-electron chi connectivity index (χ3n) is 5.21. The molecule has 2 aromatic carbocycles. The van der Waals surface area contributed by atoms with E-state index in [4.69, 9.17) is 0 Å². The molecule has 0 atom stereocenters. The first-order valence-electron chi connectivity index (χ1n) is 8.99. The number of H-pyrrole nitrogens is 1. The quantitative estimate of drug-likeness (QED) is 0.459. The molecule has 0 spiro atoms. The van der Waals surface area contributed by atoms with Gasteiger partial charge in [0.25, 0.3) is 0 Å². The number of likely N-dealkylation sites (tertiary alicyclic amines) is 1. The molecule has 7 nitrogen and oxygen atoms in total. The van der Waals surface area contributed by atoms with Crippen molar-refractivity contribution in [2.45, 2.75) is 18.9 Å². The van der Waals surface area contributed by atoms with Gasteiger partial charge in [0.15, 0.2) is 17.3 Å². The van der Waals surface area contributed by atoms with Crippen molar-refractivity contribution in [3.05, 3.63) is 58.5 Å². The SMILES string of the molecule is Cl.O=C(CN1CCC(n2c(=O)[nH]c3ccccc32)CC1)c1ccc(O)c(O)c1. The van der Waals surface area contributed by atoms with Crippen LogP contribution in [0.4, 0.5) is 0 Å². The van der Waals surface area contributed by atoms with Crippen molar-refractivity contribution < 1.29 is 15.0 Å². The maximum absolute atomic E-state index is 12.4. The molecule has 1 aliphatic heterocycles. The van der Waals surface area contributed by atoms with Crippen molar-refractivity contribution in [3.63, 3.8) is 0 Å². The van der Waals surface area contributed by atoms with Gasteiger partial charge in [0.2, 0.25) is 0 Å². The van der Waals surface area contributed by atoms with Crippen LogP contribution in [0.3, 0.4) is 0 Å². The number of Topliss-reactive ketones (excluding diaryl/α,β-unsaturated/α-hetero) is 1. The number of carbonyl (C=O) groups is 1. The predicted molar refractivity (Wildman–Crippen MR) is 109 cm³/mol. The zero-order chi connectivity index (χ0) is 19.0. The third kappa shape index (κ3) is 3.76. The van der Waals surface area contributed by atoms with E-state index < -0.39 is 0 Å². The molecular weight excluding hydrogens is 382 g/mol. The second-order valence-electron chi connectivity index (χ2n) is 6.95. The number of para-hydroxylation sites is 2. The van der Waals surface area contributed by atoms with Crippen LogP contribution < -0.4 is 5.69 Å². The lowest BCUT2D eigenvalue weighted by Gasteiger charge is -2.32. The van der Waals surface area contributed by atoms with Crippen molar-refractivity contribution in [1.82, 2.24) is 14.5 Å². The van der Waals surface area contributed by atoms with Gasteiger partial charge < -0.3 is 15.2 Å². The Morgan fingerprint density at radius 3 is 2.50 bits per heavy atom. The molecule has 0 unspecified atom stereocenters. The van der Waals surface area contributed by atoms with Crippen molar-refractivity contribution >= 4 is 29.2 Å². The Morgan fingerprint density at radius 1 is 1.07 bits per heavy atom. The molecule has 1 aliphatic rings. The van der Waals surface area contributed by atoms with Crippen LogP contribution in [0.2, 0.25) is 0 Å². The minimum absolute atomic E-state index is 0. The standard InChI is InChI=1S/C20H21N3O4.ClH/c24-17-6-5-13(11-18(17)25)19(26)12-22-9-7-14(8-10-22)23-16-4-2-1-3-15(16)21-20(23)27;/h1-6,11,14,24-25H,7-10,12H2,(H,21,27);1H. The number of nitrogens with one attached hydrogen (secondary N) is 1. The van der Waals surface area contributed by atoms with E-state index in [2.05, 4.69) is 9.88 Å². The summed E-state index contributed by atoms with van der Waals surface area (Å²) in [7, 11) is 0. The van der Waals surface area contributed by atoms with Crippen LogP contribution >= 0.6 is 12.4 Å². The van der Waals surface area contributed by atoms with Gasteiger partial charge >= 0.3 is 5.69 Å². The first-order chi connectivity index (χ1) is 13.0. The Bertz CT molecular complexity index is 1050. The molecule has 148 valence electrons. The van der Waals surface area contributed by atoms with Gasteiger partial charge in [-0.15, -0.1) is 12.4 Å². The smallest absolute Gasteiger partial charge is 0.326 e. The number of benzene rings is 2. The molecule has 2 heterocycles. The van der Waals surface area contributed by atoms with Crippen molar-refractivity contribution in [2.75, 3.05) is 19.6 Å². The minimum Gasteiger partial charge on any atom is -0.504 e. The Labute approximate surface area is 167 Å². The monoisotopic (exact) mass is 403 g/mol. The lowest BCUT2D eigenvalue weighted by Crippen LogP contribution is -2.39. The summed E-state index contributed by atoms with van der Waals surface area (Å²) in [5.74, 6) is -0.636. The predicted octanol–water partition coefficient (Wildman–Crippen LogP) is 2.68. The summed E-state index contributed by atoms with van der Waals surface area (Å²) in [4.78, 5) is 29.7. The van der Waals surface area contributed by atoms with E-state index in [1.807, 2.05) is 28.8 Å². The number of phenolic OH excluding ortho intramolecular Hbond substituents is 2. The zero-order valence-electron chi connectivity index (χ0n) is 15.2. The fraction of sp³-hybridized carbons (Fsp3) is 0.300. The maximum Gasteiger partial charge on any atom is 0.326 e. The number of aromatic hydroxyl groups is 2. The highest BCUT2D eigenvalue weighted by Crippen LogP contribution is 2.27. The maximum atomic E-state index is 12.4. The first-order valence-corrected chi connectivity index (χ1v) is 8.99. The molecule has 8 heteroatoms. The molecule has 1 saturated heterocycles. The summed E-state index contributed by atoms with van der Waals surface area (Å²) in [5, 5.41) is 18.9. The number of hydrogen-bond donors (Lipinski definition) is 3. The summed E-state index contributed by atoms with van der Waals surface area (Å²) in [6.07, 6.45) is 1.58. The van der Waals surface area contributed by atoms with Crippen LogP contribution in [0.15, 0.2) is 47.3 Å². The van der Waals surface area contributed by atoms with Crippen molar-refractivity contribution in [3.8, 4) is 11.5 Å². The highest BCUT2D eigenvalue weighted by Gasteiger charge is 2.25. The zero-order valence-corrected chi connectivity index (χ0v) is 16.0. The van der Waals surface area contributed by atoms with Crippen LogP contribution in [0.5, 0.6) is 11.5 Å². The van der Waals surface area contributed by atoms with Crippen LogP contribution in [0, 0.1) is 0 Å². The average Bonchev–Trinajstić information content (AvgIpc) is 3.00. The normalized spacial score (nSPS) is 15.4. The van der Waals surface area contributed by atoms with E-state index in [9.17, 15) is 19.8 Å². The molecule has 1 fully saturated rings. The van der Waals surface area contributed by atoms with Crippen molar-refractivity contribution in [1.29, 1.82) is 0 Å². The van der Waals surface area contributed by atoms with E-state index >= 15 is 0 Å². The number of aromatic amines is 1. The number of piperidine rings is 1. The van der Waals surface area contributed by atoms with Gasteiger partial charge in [-0.25, -0.2) is 4.79 Å². The minimum atomic E-state index is -0.293. The second kappa shape index (κ2) is 8.08. The highest BCUT2D eigenvalue weighted by atomic mass is 35.5. The Hall–Kier alpha value is -2.77. The van der Waals surface area contributed by atoms with Crippen LogP contribution in [0.25, 0.3) is 11.0 Å². The lowest BCUT2D eigenvalue weighted by atomic mass is 10.0. The first kappa shape index (κ1) is 20.0. The Kier molecular flexibility index (Phi) is 5.76. The summed E-state index contributed by atoms with van der Waals surface area (Å²) >= 11 is 0. The number of carbonyl (C=O) groups excluding carboxylic acids is 1. The van der Waals surface area contributed by atoms with Gasteiger partial charge in [-0.1, -0.05) is 12.1 Å². The average molecular weight is 404 g/mol. The summed E-state index contributed by atoms with van der Waals surface area (Å²) in [6.45, 7) is 1.68. The number of phenols is 2. The summed E-state index contributed by atoms with van der Waals surface area (Å²) in [5.41, 5.74) is 2.04. The topological polar surface area (TPSA) is 98.6 Å². The molecule has 0 radical (unpaired) electrons. The third-order valence-corrected chi connectivity index (χ3v) is 5.21. The Balaban J connectivity index is 0.00000225. The number of hydrogen-bond acceptors (Lipinski definition) is 5. The molecule has 0 amide bonds. The van der Waals surface area contributed by atoms with E-state index in [-0.39, 0.29) is 48.0 Å². The number of ketones is 1. The number of imidazole rings is 1. The molecule has 0 aliphatic carbocycles.